The molecule has 6 atom stereocenters. The Labute approximate surface area is 154 Å². The number of ether oxygens (including phenoxy) is 2. The predicted molar refractivity (Wildman–Crippen MR) is 94.6 cm³/mol. The molecule has 3 aliphatic heterocycles. The topological polar surface area (TPSA) is 79.4 Å². The number of fused-ring (bicyclic) bond motifs is 3. The molecule has 0 radical (unpaired) electrons. The van der Waals surface area contributed by atoms with Crippen LogP contribution in [0.2, 0.25) is 0 Å². The van der Waals surface area contributed by atoms with Gasteiger partial charge in [0.2, 0.25) is 0 Å². The van der Waals surface area contributed by atoms with E-state index in [0.717, 1.165) is 38.6 Å². The summed E-state index contributed by atoms with van der Waals surface area (Å²) >= 11 is 0. The SMILES string of the molecule is CC1=CCC[C@@]2(C)O[C@H]2[C@H]2OC(=O)[C@@H](CN3CCCC3C(=O)O)[C@@H]2CC1. The molecule has 1 unspecified atom stereocenters. The predicted octanol–water partition coefficient (Wildman–Crippen LogP) is 2.37. The second-order valence-electron chi connectivity index (χ2n) is 8.64. The maximum absolute atomic E-state index is 12.7. The van der Waals surface area contributed by atoms with Crippen molar-refractivity contribution in [1.82, 2.24) is 4.90 Å². The zero-order chi connectivity index (χ0) is 18.5. The van der Waals surface area contributed by atoms with E-state index in [0.29, 0.717) is 13.0 Å². The Kier molecular flexibility index (Phi) is 4.59. The van der Waals surface area contributed by atoms with Gasteiger partial charge in [-0.3, -0.25) is 14.5 Å². The fraction of sp³-hybridized carbons (Fsp3) is 0.800. The van der Waals surface area contributed by atoms with Crippen molar-refractivity contribution in [1.29, 1.82) is 0 Å². The first kappa shape index (κ1) is 18.0. The molecule has 1 aliphatic carbocycles. The van der Waals surface area contributed by atoms with Gasteiger partial charge in [-0.2, -0.15) is 0 Å². The molecule has 26 heavy (non-hydrogen) atoms. The summed E-state index contributed by atoms with van der Waals surface area (Å²) in [5, 5.41) is 9.44. The largest absolute Gasteiger partial charge is 0.480 e. The van der Waals surface area contributed by atoms with E-state index >= 15 is 0 Å². The Hall–Kier alpha value is -1.40. The molecule has 0 bridgehead atoms. The number of epoxide rings is 1. The van der Waals surface area contributed by atoms with E-state index in [-0.39, 0.29) is 35.6 Å². The molecule has 0 aromatic rings. The maximum Gasteiger partial charge on any atom is 0.320 e. The number of carboxylic acid groups (broad SMARTS) is 1. The number of aliphatic carboxylic acids is 1. The lowest BCUT2D eigenvalue weighted by Gasteiger charge is -2.27. The van der Waals surface area contributed by atoms with Gasteiger partial charge >= 0.3 is 11.9 Å². The Morgan fingerprint density at radius 1 is 1.42 bits per heavy atom. The van der Waals surface area contributed by atoms with Gasteiger partial charge < -0.3 is 14.6 Å². The smallest absolute Gasteiger partial charge is 0.320 e. The molecule has 3 fully saturated rings. The molecule has 6 heteroatoms. The fourth-order valence-corrected chi connectivity index (χ4v) is 5.12. The first-order chi connectivity index (χ1) is 12.4. The number of esters is 1. The van der Waals surface area contributed by atoms with E-state index in [1.807, 2.05) is 4.90 Å². The summed E-state index contributed by atoms with van der Waals surface area (Å²) in [6.07, 6.45) is 7.43. The average molecular weight is 363 g/mol. The van der Waals surface area contributed by atoms with E-state index in [1.165, 1.54) is 5.57 Å². The van der Waals surface area contributed by atoms with Gasteiger partial charge in [0.05, 0.1) is 11.5 Å². The van der Waals surface area contributed by atoms with E-state index in [4.69, 9.17) is 9.47 Å². The molecule has 144 valence electrons. The number of likely N-dealkylation sites (tertiary alicyclic amines) is 1. The summed E-state index contributed by atoms with van der Waals surface area (Å²) < 4.78 is 11.8. The molecule has 4 rings (SSSR count). The lowest BCUT2D eigenvalue weighted by atomic mass is 9.80. The quantitative estimate of drug-likeness (QED) is 0.471. The molecular formula is C20H29NO5. The Morgan fingerprint density at radius 3 is 3.00 bits per heavy atom. The minimum atomic E-state index is -0.784. The molecule has 4 aliphatic rings. The lowest BCUT2D eigenvalue weighted by molar-refractivity contribution is -0.147. The van der Waals surface area contributed by atoms with Gasteiger partial charge in [-0.05, 0) is 58.9 Å². The molecule has 3 heterocycles. The summed E-state index contributed by atoms with van der Waals surface area (Å²) in [6.45, 7) is 5.50. The summed E-state index contributed by atoms with van der Waals surface area (Å²) in [6, 6.07) is -0.467. The van der Waals surface area contributed by atoms with Gasteiger partial charge in [-0.1, -0.05) is 11.6 Å². The Morgan fingerprint density at radius 2 is 2.23 bits per heavy atom. The first-order valence-corrected chi connectivity index (χ1v) is 9.90. The van der Waals surface area contributed by atoms with Gasteiger partial charge in [-0.25, -0.2) is 0 Å². The van der Waals surface area contributed by atoms with Crippen molar-refractivity contribution in [2.45, 2.75) is 76.2 Å². The Balaban J connectivity index is 1.54. The van der Waals surface area contributed by atoms with Crippen molar-refractivity contribution in [3.8, 4) is 0 Å². The van der Waals surface area contributed by atoms with Crippen LogP contribution in [0, 0.1) is 11.8 Å². The number of hydrogen-bond acceptors (Lipinski definition) is 5. The number of carbonyl (C=O) groups is 2. The number of carboxylic acids is 1. The first-order valence-electron chi connectivity index (χ1n) is 9.90. The van der Waals surface area contributed by atoms with E-state index in [1.54, 1.807) is 0 Å². The van der Waals surface area contributed by atoms with Crippen LogP contribution in [0.3, 0.4) is 0 Å². The third-order valence-corrected chi connectivity index (χ3v) is 6.82. The minimum Gasteiger partial charge on any atom is -0.480 e. The molecule has 6 nitrogen and oxygen atoms in total. The van der Waals surface area contributed by atoms with E-state index < -0.39 is 12.0 Å². The molecule has 0 amide bonds. The van der Waals surface area contributed by atoms with E-state index in [9.17, 15) is 14.7 Å². The van der Waals surface area contributed by atoms with Crippen LogP contribution < -0.4 is 0 Å². The van der Waals surface area contributed by atoms with Crippen molar-refractivity contribution in [2.75, 3.05) is 13.1 Å². The molecule has 3 saturated heterocycles. The number of nitrogens with zero attached hydrogens (tertiary/aromatic N) is 1. The molecule has 0 spiro atoms. The van der Waals surface area contributed by atoms with Crippen LogP contribution in [0.5, 0.6) is 0 Å². The highest BCUT2D eigenvalue weighted by Gasteiger charge is 2.62. The van der Waals surface area contributed by atoms with Crippen LogP contribution in [-0.2, 0) is 19.1 Å². The summed E-state index contributed by atoms with van der Waals surface area (Å²) in [5.41, 5.74) is 1.16. The summed E-state index contributed by atoms with van der Waals surface area (Å²) in [7, 11) is 0. The maximum atomic E-state index is 12.7. The van der Waals surface area contributed by atoms with Crippen molar-refractivity contribution in [3.05, 3.63) is 11.6 Å². The third kappa shape index (κ3) is 3.18. The minimum absolute atomic E-state index is 0.0119. The van der Waals surface area contributed by atoms with Gasteiger partial charge in [0, 0.05) is 12.5 Å². The van der Waals surface area contributed by atoms with Crippen LogP contribution in [0.15, 0.2) is 11.6 Å². The zero-order valence-corrected chi connectivity index (χ0v) is 15.6. The second kappa shape index (κ2) is 6.64. The van der Waals surface area contributed by atoms with Gasteiger partial charge in [0.1, 0.15) is 18.2 Å². The Bertz CT molecular complexity index is 632. The fourth-order valence-electron chi connectivity index (χ4n) is 5.12. The van der Waals surface area contributed by atoms with Gasteiger partial charge in [0.25, 0.3) is 0 Å². The molecule has 0 aromatic heterocycles. The highest BCUT2D eigenvalue weighted by molar-refractivity contribution is 5.77. The van der Waals surface area contributed by atoms with Crippen LogP contribution in [0.4, 0.5) is 0 Å². The zero-order valence-electron chi connectivity index (χ0n) is 15.6. The number of carbonyl (C=O) groups excluding carboxylic acids is 1. The van der Waals surface area contributed by atoms with Crippen LogP contribution in [0.25, 0.3) is 0 Å². The van der Waals surface area contributed by atoms with Crippen LogP contribution in [0.1, 0.15) is 52.4 Å². The highest BCUT2D eigenvalue weighted by Crippen LogP contribution is 2.50. The number of rotatable bonds is 3. The monoisotopic (exact) mass is 363 g/mol. The van der Waals surface area contributed by atoms with E-state index in [2.05, 4.69) is 19.9 Å². The van der Waals surface area contributed by atoms with Crippen LogP contribution >= 0.6 is 0 Å². The average Bonchev–Trinajstić information content (AvgIpc) is 2.92. The molecule has 0 aromatic carbocycles. The number of allylic oxidation sites excluding steroid dienone is 2. The third-order valence-electron chi connectivity index (χ3n) is 6.82. The van der Waals surface area contributed by atoms with Crippen LogP contribution in [-0.4, -0.2) is 58.9 Å². The highest BCUT2D eigenvalue weighted by atomic mass is 16.6. The summed E-state index contributed by atoms with van der Waals surface area (Å²) in [5.74, 6) is -1.10. The standard InChI is InChI=1S/C20H29NO5/c1-12-5-3-9-20(2)17(26-20)16-13(8-7-12)14(19(24)25-16)11-21-10-4-6-15(21)18(22)23/h5,13-17H,3-4,6-11H2,1-2H3,(H,22,23)/t13-,14-,15?,16-,17-,20+/m0/s1. The lowest BCUT2D eigenvalue weighted by Crippen LogP contribution is -2.42. The normalized spacial score (nSPS) is 43.2. The van der Waals surface area contributed by atoms with Gasteiger partial charge in [-0.15, -0.1) is 0 Å². The molecule has 0 saturated carbocycles. The molecular weight excluding hydrogens is 334 g/mol. The van der Waals surface area contributed by atoms with Gasteiger partial charge in [0.15, 0.2) is 0 Å². The van der Waals surface area contributed by atoms with Crippen molar-refractivity contribution >= 4 is 11.9 Å². The molecule has 1 N–H and O–H groups in total. The van der Waals surface area contributed by atoms with Crippen molar-refractivity contribution in [3.63, 3.8) is 0 Å². The number of hydrogen-bond donors (Lipinski definition) is 1. The van der Waals surface area contributed by atoms with Crippen molar-refractivity contribution in [2.24, 2.45) is 11.8 Å². The second-order valence-corrected chi connectivity index (χ2v) is 8.64. The van der Waals surface area contributed by atoms with Crippen molar-refractivity contribution < 1.29 is 24.2 Å². The summed E-state index contributed by atoms with van der Waals surface area (Å²) in [4.78, 5) is 26.1.